The van der Waals surface area contributed by atoms with E-state index in [0.29, 0.717) is 49.7 Å². The number of ether oxygens (including phenoxy) is 2. The Hall–Kier alpha value is -3.19. The van der Waals surface area contributed by atoms with Gasteiger partial charge in [0.1, 0.15) is 30.0 Å². The van der Waals surface area contributed by atoms with E-state index in [1.807, 2.05) is 6.07 Å². The minimum absolute atomic E-state index is 0.00607. The number of aliphatic hydroxyl groups excluding tert-OH is 1. The highest BCUT2D eigenvalue weighted by Gasteiger charge is 2.31. The van der Waals surface area contributed by atoms with Crippen LogP contribution in [0.15, 0.2) is 65.9 Å². The van der Waals surface area contributed by atoms with Crippen molar-refractivity contribution in [2.45, 2.75) is 31.8 Å². The molecule has 1 fully saturated rings. The molecule has 1 unspecified atom stereocenters. The molecule has 1 amide bonds. The molecule has 38 heavy (non-hydrogen) atoms. The summed E-state index contributed by atoms with van der Waals surface area (Å²) < 4.78 is 12.2. The molecular weight excluding hydrogens is 547 g/mol. The van der Waals surface area contributed by atoms with E-state index in [0.717, 1.165) is 30.4 Å². The van der Waals surface area contributed by atoms with Gasteiger partial charge in [-0.25, -0.2) is 0 Å². The molecular formula is C29H25Cl3N2O4. The maximum atomic E-state index is 11.5. The minimum atomic E-state index is -0.470. The Morgan fingerprint density at radius 2 is 1.76 bits per heavy atom. The lowest BCUT2D eigenvalue weighted by molar-refractivity contribution is 0.1000. The number of halogens is 3. The molecule has 0 saturated heterocycles. The smallest absolute Gasteiger partial charge is 0.248 e. The summed E-state index contributed by atoms with van der Waals surface area (Å²) in [6.07, 6.45) is 2.86. The minimum Gasteiger partial charge on any atom is -0.512 e. The molecule has 1 heterocycles. The van der Waals surface area contributed by atoms with Gasteiger partial charge in [0.25, 0.3) is 0 Å². The van der Waals surface area contributed by atoms with Crippen molar-refractivity contribution in [1.82, 2.24) is 0 Å². The summed E-state index contributed by atoms with van der Waals surface area (Å²) in [6.45, 7) is -0.0477. The van der Waals surface area contributed by atoms with E-state index in [4.69, 9.17) is 55.4 Å². The monoisotopic (exact) mass is 570 g/mol. The largest absolute Gasteiger partial charge is 0.512 e. The summed E-state index contributed by atoms with van der Waals surface area (Å²) in [5.74, 6) is 0.848. The first kappa shape index (κ1) is 26.4. The van der Waals surface area contributed by atoms with Crippen LogP contribution in [-0.2, 0) is 6.42 Å². The highest BCUT2D eigenvalue weighted by atomic mass is 35.5. The van der Waals surface area contributed by atoms with Gasteiger partial charge >= 0.3 is 0 Å². The summed E-state index contributed by atoms with van der Waals surface area (Å²) in [4.78, 5) is 11.5. The van der Waals surface area contributed by atoms with Crippen molar-refractivity contribution in [2.24, 2.45) is 11.7 Å². The van der Waals surface area contributed by atoms with Crippen molar-refractivity contribution in [3.05, 3.63) is 103 Å². The van der Waals surface area contributed by atoms with Crippen LogP contribution >= 0.6 is 34.8 Å². The Morgan fingerprint density at radius 3 is 2.42 bits per heavy atom. The molecule has 1 aliphatic heterocycles. The fourth-order valence-corrected chi connectivity index (χ4v) is 5.42. The van der Waals surface area contributed by atoms with Gasteiger partial charge in [-0.15, -0.1) is 0 Å². The lowest BCUT2D eigenvalue weighted by atomic mass is 9.96. The maximum Gasteiger partial charge on any atom is 0.248 e. The predicted octanol–water partition coefficient (Wildman–Crippen LogP) is 7.48. The molecule has 0 bridgehead atoms. The van der Waals surface area contributed by atoms with Crippen LogP contribution in [0.4, 0.5) is 0 Å². The number of primary amides is 1. The fraction of sp³-hybridized carbons (Fsp3) is 0.241. The van der Waals surface area contributed by atoms with E-state index in [1.54, 1.807) is 48.5 Å². The van der Waals surface area contributed by atoms with Gasteiger partial charge < -0.3 is 20.3 Å². The third-order valence-electron chi connectivity index (χ3n) is 6.78. The molecule has 4 N–H and O–H groups in total. The zero-order valence-electron chi connectivity index (χ0n) is 20.3. The number of rotatable bonds is 8. The standard InChI is InChI=1S/C29H25Cl3N2O4/c30-21-2-1-3-22(31)26(21)27(33)20(28(35)15-4-5-15)14-37-18-8-9-19(23(32)13-18)25-11-6-16-12-17(29(34)36)7-10-24(16)38-25/h1-3,7-10,12-13,15,25,33,35H,4-6,11,14H2,(H2,34,36)/b28-20-,33-27?. The number of hydrogen-bond donors (Lipinski definition) is 3. The second-order valence-corrected chi connectivity index (χ2v) is 10.6. The van der Waals surface area contributed by atoms with Crippen LogP contribution in [0.1, 0.15) is 52.4 Å². The van der Waals surface area contributed by atoms with Crippen LogP contribution < -0.4 is 15.2 Å². The molecule has 196 valence electrons. The highest BCUT2D eigenvalue weighted by molar-refractivity contribution is 6.41. The average Bonchev–Trinajstić information content (AvgIpc) is 3.74. The molecule has 3 aromatic rings. The molecule has 9 heteroatoms. The normalized spacial score (nSPS) is 17.2. The Kier molecular flexibility index (Phi) is 7.57. The first-order chi connectivity index (χ1) is 18.2. The molecule has 6 nitrogen and oxygen atoms in total. The topological polar surface area (TPSA) is 106 Å². The molecule has 1 aliphatic carbocycles. The Balaban J connectivity index is 1.32. The molecule has 3 aromatic carbocycles. The summed E-state index contributed by atoms with van der Waals surface area (Å²) in [5.41, 5.74) is 8.31. The predicted molar refractivity (Wildman–Crippen MR) is 149 cm³/mol. The van der Waals surface area contributed by atoms with E-state index in [2.05, 4.69) is 0 Å². The van der Waals surface area contributed by atoms with E-state index in [9.17, 15) is 9.90 Å². The van der Waals surface area contributed by atoms with Crippen LogP contribution in [0.2, 0.25) is 15.1 Å². The lowest BCUT2D eigenvalue weighted by Gasteiger charge is -2.27. The molecule has 1 saturated carbocycles. The number of fused-ring (bicyclic) bond motifs is 1. The summed E-state index contributed by atoms with van der Waals surface area (Å²) in [5, 5.41) is 20.7. The van der Waals surface area contributed by atoms with Gasteiger partial charge in [0.05, 0.1) is 26.4 Å². The second kappa shape index (κ2) is 10.9. The number of aryl methyl sites for hydroxylation is 1. The van der Waals surface area contributed by atoms with Gasteiger partial charge in [-0.1, -0.05) is 46.9 Å². The van der Waals surface area contributed by atoms with Crippen molar-refractivity contribution < 1.29 is 19.4 Å². The first-order valence-corrected chi connectivity index (χ1v) is 13.3. The van der Waals surface area contributed by atoms with Gasteiger partial charge in [-0.05, 0) is 73.7 Å². The molecule has 0 radical (unpaired) electrons. The van der Waals surface area contributed by atoms with Gasteiger partial charge in [-0.3, -0.25) is 10.2 Å². The van der Waals surface area contributed by atoms with Crippen LogP contribution in [0, 0.1) is 11.3 Å². The number of carbonyl (C=O) groups excluding carboxylic acids is 1. The van der Waals surface area contributed by atoms with Crippen LogP contribution in [0.3, 0.4) is 0 Å². The number of carbonyl (C=O) groups is 1. The summed E-state index contributed by atoms with van der Waals surface area (Å²) in [7, 11) is 0. The third kappa shape index (κ3) is 5.48. The van der Waals surface area contributed by atoms with Crippen molar-refractivity contribution in [1.29, 1.82) is 5.41 Å². The Bertz CT molecular complexity index is 1450. The Morgan fingerprint density at radius 1 is 1.03 bits per heavy atom. The number of allylic oxidation sites excluding steroid dienone is 1. The number of benzene rings is 3. The molecule has 5 rings (SSSR count). The third-order valence-corrected chi connectivity index (χ3v) is 7.74. The van der Waals surface area contributed by atoms with Crippen molar-refractivity contribution in [3.63, 3.8) is 0 Å². The average molecular weight is 572 g/mol. The molecule has 0 spiro atoms. The number of nitrogens with one attached hydrogen (secondary N) is 1. The van der Waals surface area contributed by atoms with Crippen LogP contribution in [0.25, 0.3) is 0 Å². The van der Waals surface area contributed by atoms with Crippen molar-refractivity contribution in [2.75, 3.05) is 6.61 Å². The molecule has 1 atom stereocenters. The second-order valence-electron chi connectivity index (χ2n) is 9.41. The van der Waals surface area contributed by atoms with E-state index < -0.39 is 5.91 Å². The summed E-state index contributed by atoms with van der Waals surface area (Å²) in [6, 6.07) is 15.5. The van der Waals surface area contributed by atoms with Crippen molar-refractivity contribution >= 4 is 46.4 Å². The van der Waals surface area contributed by atoms with E-state index in [-0.39, 0.29) is 30.1 Å². The maximum absolute atomic E-state index is 11.5. The highest BCUT2D eigenvalue weighted by Crippen LogP contribution is 2.40. The van der Waals surface area contributed by atoms with Gasteiger partial charge in [0.2, 0.25) is 5.91 Å². The number of amides is 1. The quantitative estimate of drug-likeness (QED) is 0.192. The van der Waals surface area contributed by atoms with Crippen LogP contribution in [-0.4, -0.2) is 23.3 Å². The van der Waals surface area contributed by atoms with Crippen LogP contribution in [0.5, 0.6) is 11.5 Å². The lowest BCUT2D eigenvalue weighted by Crippen LogP contribution is -2.18. The Labute approximate surface area is 235 Å². The number of hydrogen-bond acceptors (Lipinski definition) is 5. The number of nitrogens with two attached hydrogens (primary N) is 1. The zero-order valence-corrected chi connectivity index (χ0v) is 22.5. The van der Waals surface area contributed by atoms with E-state index >= 15 is 0 Å². The molecule has 2 aliphatic rings. The van der Waals surface area contributed by atoms with Gasteiger partial charge in [0, 0.05) is 22.6 Å². The van der Waals surface area contributed by atoms with Crippen molar-refractivity contribution in [3.8, 4) is 11.5 Å². The SMILES string of the molecule is N=C(/C(COc1ccc(C2CCc3cc(C(N)=O)ccc3O2)c(Cl)c1)=C(\O)C1CC1)c1c(Cl)cccc1Cl. The fourth-order valence-electron chi connectivity index (χ4n) is 4.54. The van der Waals surface area contributed by atoms with Gasteiger partial charge in [-0.2, -0.15) is 0 Å². The van der Waals surface area contributed by atoms with Gasteiger partial charge in [0.15, 0.2) is 0 Å². The zero-order chi connectivity index (χ0) is 27.0. The van der Waals surface area contributed by atoms with E-state index in [1.165, 1.54) is 0 Å². The molecule has 0 aromatic heterocycles. The first-order valence-electron chi connectivity index (χ1n) is 12.2. The number of aliphatic hydroxyl groups is 1. The summed E-state index contributed by atoms with van der Waals surface area (Å²) >= 11 is 19.3.